The molecule has 0 aliphatic rings. The number of hydrazine groups is 1. The number of anilines is 1. The lowest BCUT2D eigenvalue weighted by Crippen LogP contribution is -2.30. The third-order valence-corrected chi connectivity index (χ3v) is 2.45. The maximum atomic E-state index is 9.00. The Hall–Kier alpha value is -1.21. The molecule has 0 bridgehead atoms. The van der Waals surface area contributed by atoms with Crippen LogP contribution in [0, 0.1) is 0 Å². The van der Waals surface area contributed by atoms with Crippen LogP contribution >= 0.6 is 0 Å². The zero-order valence-electron chi connectivity index (χ0n) is 10.1. The van der Waals surface area contributed by atoms with Crippen molar-refractivity contribution >= 4 is 5.82 Å². The van der Waals surface area contributed by atoms with E-state index >= 15 is 0 Å². The second kappa shape index (κ2) is 7.97. The molecule has 0 unspecified atom stereocenters. The Kier molecular flexibility index (Phi) is 6.49. The first-order valence-corrected chi connectivity index (χ1v) is 5.54. The fraction of sp³-hybridized carbons (Fsp3) is 0.545. The number of nitrogen functional groups attached to an aromatic ring is 1. The third kappa shape index (κ3) is 4.66. The Labute approximate surface area is 101 Å². The van der Waals surface area contributed by atoms with E-state index in [9.17, 15) is 0 Å². The van der Waals surface area contributed by atoms with Crippen LogP contribution in [0.15, 0.2) is 18.3 Å². The summed E-state index contributed by atoms with van der Waals surface area (Å²) >= 11 is 0. The van der Waals surface area contributed by atoms with Gasteiger partial charge < -0.3 is 15.3 Å². The van der Waals surface area contributed by atoms with Crippen LogP contribution in [-0.2, 0) is 11.3 Å². The Morgan fingerprint density at radius 3 is 3.00 bits per heavy atom. The van der Waals surface area contributed by atoms with Crippen molar-refractivity contribution in [2.75, 3.05) is 38.8 Å². The molecule has 0 fully saturated rings. The van der Waals surface area contributed by atoms with Crippen LogP contribution in [0.5, 0.6) is 0 Å². The molecule has 0 aliphatic heterocycles. The maximum absolute atomic E-state index is 9.00. The maximum Gasteiger partial charge on any atom is 0.144 e. The highest BCUT2D eigenvalue weighted by Crippen LogP contribution is 2.12. The molecule has 0 amide bonds. The lowest BCUT2D eigenvalue weighted by atomic mass is 10.2. The number of nitrogens with two attached hydrogens (primary N) is 1. The number of aliphatic hydroxyl groups is 1. The predicted octanol–water partition coefficient (Wildman–Crippen LogP) is -0.192. The molecule has 1 heterocycles. The lowest BCUT2D eigenvalue weighted by molar-refractivity contribution is 0.127. The van der Waals surface area contributed by atoms with Gasteiger partial charge in [-0.05, 0) is 6.07 Å². The monoisotopic (exact) mass is 240 g/mol. The zero-order valence-corrected chi connectivity index (χ0v) is 10.1. The van der Waals surface area contributed by atoms with Crippen LogP contribution in [0.4, 0.5) is 5.82 Å². The smallest absolute Gasteiger partial charge is 0.144 e. The average molecular weight is 240 g/mol. The molecule has 1 aromatic rings. The summed E-state index contributed by atoms with van der Waals surface area (Å²) in [6, 6.07) is 3.82. The molecule has 96 valence electrons. The van der Waals surface area contributed by atoms with Crippen LogP contribution in [0.25, 0.3) is 0 Å². The van der Waals surface area contributed by atoms with Gasteiger partial charge in [-0.25, -0.2) is 10.8 Å². The first-order chi connectivity index (χ1) is 8.31. The summed E-state index contributed by atoms with van der Waals surface area (Å²) in [6.45, 7) is 2.79. The first-order valence-electron chi connectivity index (χ1n) is 5.54. The molecule has 0 saturated carbocycles. The highest BCUT2D eigenvalue weighted by Gasteiger charge is 2.08. The minimum absolute atomic E-state index is 0.120. The van der Waals surface area contributed by atoms with E-state index in [4.69, 9.17) is 15.7 Å². The van der Waals surface area contributed by atoms with E-state index in [1.807, 2.05) is 12.1 Å². The fourth-order valence-corrected chi connectivity index (χ4v) is 1.57. The molecule has 17 heavy (non-hydrogen) atoms. The molecule has 6 nitrogen and oxygen atoms in total. The number of aliphatic hydroxyl groups excluding tert-OH is 1. The van der Waals surface area contributed by atoms with Crippen LogP contribution in [0.2, 0.25) is 0 Å². The van der Waals surface area contributed by atoms with Gasteiger partial charge >= 0.3 is 0 Å². The van der Waals surface area contributed by atoms with E-state index in [1.165, 1.54) is 0 Å². The molecule has 0 aliphatic carbocycles. The number of rotatable bonds is 8. The van der Waals surface area contributed by atoms with Crippen molar-refractivity contribution in [3.05, 3.63) is 23.9 Å². The minimum Gasteiger partial charge on any atom is -0.395 e. The van der Waals surface area contributed by atoms with E-state index in [0.717, 1.165) is 12.1 Å². The third-order valence-electron chi connectivity index (χ3n) is 2.45. The second-order valence-electron chi connectivity index (χ2n) is 3.65. The van der Waals surface area contributed by atoms with Gasteiger partial charge in [-0.15, -0.1) is 0 Å². The van der Waals surface area contributed by atoms with E-state index < -0.39 is 0 Å². The van der Waals surface area contributed by atoms with Crippen molar-refractivity contribution in [2.24, 2.45) is 5.84 Å². The predicted molar refractivity (Wildman–Crippen MR) is 66.3 cm³/mol. The van der Waals surface area contributed by atoms with E-state index in [1.54, 1.807) is 13.3 Å². The number of nitrogens with one attached hydrogen (secondary N) is 1. The Balaban J connectivity index is 2.63. The first kappa shape index (κ1) is 13.9. The molecule has 0 saturated heterocycles. The minimum atomic E-state index is 0.120. The standard InChI is InChI=1S/C11H20N4O2/c1-17-8-6-15(5-7-16)9-10-3-2-4-13-11(10)14-12/h2-4,16H,5-9,12H2,1H3,(H,13,14). The fourth-order valence-electron chi connectivity index (χ4n) is 1.57. The van der Waals surface area contributed by atoms with Gasteiger partial charge in [-0.1, -0.05) is 6.07 Å². The lowest BCUT2D eigenvalue weighted by Gasteiger charge is -2.21. The van der Waals surface area contributed by atoms with Gasteiger partial charge in [0.15, 0.2) is 0 Å². The number of nitrogens with zero attached hydrogens (tertiary/aromatic N) is 2. The van der Waals surface area contributed by atoms with Gasteiger partial charge in [-0.3, -0.25) is 4.90 Å². The van der Waals surface area contributed by atoms with Gasteiger partial charge in [0.1, 0.15) is 5.82 Å². The van der Waals surface area contributed by atoms with E-state index in [0.29, 0.717) is 25.5 Å². The quantitative estimate of drug-likeness (QED) is 0.431. The normalized spacial score (nSPS) is 10.8. The summed E-state index contributed by atoms with van der Waals surface area (Å²) in [5.74, 6) is 6.06. The van der Waals surface area contributed by atoms with Crippen LogP contribution in [0.3, 0.4) is 0 Å². The van der Waals surface area contributed by atoms with Crippen LogP contribution in [0.1, 0.15) is 5.56 Å². The van der Waals surface area contributed by atoms with Crippen molar-refractivity contribution in [1.82, 2.24) is 9.88 Å². The largest absolute Gasteiger partial charge is 0.395 e. The van der Waals surface area contributed by atoms with E-state index in [2.05, 4.69) is 15.3 Å². The Morgan fingerprint density at radius 2 is 2.35 bits per heavy atom. The summed E-state index contributed by atoms with van der Waals surface area (Å²) in [4.78, 5) is 6.22. The molecule has 6 heteroatoms. The van der Waals surface area contributed by atoms with E-state index in [-0.39, 0.29) is 6.61 Å². The summed E-state index contributed by atoms with van der Waals surface area (Å²) in [7, 11) is 1.66. The van der Waals surface area contributed by atoms with Gasteiger partial charge in [0.2, 0.25) is 0 Å². The number of ether oxygens (including phenoxy) is 1. The highest BCUT2D eigenvalue weighted by atomic mass is 16.5. The number of methoxy groups -OCH3 is 1. The molecular weight excluding hydrogens is 220 g/mol. The van der Waals surface area contributed by atoms with Gasteiger partial charge in [0, 0.05) is 38.5 Å². The SMILES string of the molecule is COCCN(CCO)Cc1cccnc1NN. The molecule has 1 rings (SSSR count). The van der Waals surface area contributed by atoms with Crippen LogP contribution < -0.4 is 11.3 Å². The van der Waals surface area contributed by atoms with Crippen molar-refractivity contribution in [1.29, 1.82) is 0 Å². The summed E-state index contributed by atoms with van der Waals surface area (Å²) in [5.41, 5.74) is 3.57. The summed E-state index contributed by atoms with van der Waals surface area (Å²) in [5, 5.41) is 9.00. The second-order valence-corrected chi connectivity index (χ2v) is 3.65. The van der Waals surface area contributed by atoms with Crippen molar-refractivity contribution < 1.29 is 9.84 Å². The van der Waals surface area contributed by atoms with Gasteiger partial charge in [0.05, 0.1) is 13.2 Å². The molecule has 4 N–H and O–H groups in total. The highest BCUT2D eigenvalue weighted by molar-refractivity contribution is 5.42. The zero-order chi connectivity index (χ0) is 12.5. The van der Waals surface area contributed by atoms with Gasteiger partial charge in [0.25, 0.3) is 0 Å². The van der Waals surface area contributed by atoms with Crippen LogP contribution in [-0.4, -0.2) is 48.4 Å². The number of hydrogen-bond acceptors (Lipinski definition) is 6. The molecule has 0 radical (unpaired) electrons. The molecule has 0 spiro atoms. The Morgan fingerprint density at radius 1 is 1.53 bits per heavy atom. The molecule has 1 aromatic heterocycles. The summed E-state index contributed by atoms with van der Waals surface area (Å²) in [6.07, 6.45) is 1.68. The van der Waals surface area contributed by atoms with Gasteiger partial charge in [-0.2, -0.15) is 0 Å². The average Bonchev–Trinajstić information content (AvgIpc) is 2.37. The number of pyridine rings is 1. The molecule has 0 atom stereocenters. The topological polar surface area (TPSA) is 83.6 Å². The van der Waals surface area contributed by atoms with Crippen molar-refractivity contribution in [2.45, 2.75) is 6.54 Å². The molecular formula is C11H20N4O2. The Bertz CT molecular complexity index is 322. The van der Waals surface area contributed by atoms with Crippen molar-refractivity contribution in [3.63, 3.8) is 0 Å². The summed E-state index contributed by atoms with van der Waals surface area (Å²) < 4.78 is 5.03. The number of aromatic nitrogens is 1. The van der Waals surface area contributed by atoms with Crippen molar-refractivity contribution in [3.8, 4) is 0 Å². The number of hydrogen-bond donors (Lipinski definition) is 3. The molecule has 0 aromatic carbocycles.